The minimum Gasteiger partial charge on any atom is -0.463 e. The van der Waals surface area contributed by atoms with Crippen LogP contribution in [0.2, 0.25) is 0 Å². The van der Waals surface area contributed by atoms with Crippen molar-refractivity contribution in [3.8, 4) is 11.5 Å². The number of ether oxygens (including phenoxy) is 1. The molecule has 26 heavy (non-hydrogen) atoms. The van der Waals surface area contributed by atoms with Gasteiger partial charge in [0, 0.05) is 13.6 Å². The van der Waals surface area contributed by atoms with Gasteiger partial charge in [-0.05, 0) is 39.0 Å². The summed E-state index contributed by atoms with van der Waals surface area (Å²) in [5, 5.41) is 5.25. The number of morpholine rings is 1. The van der Waals surface area contributed by atoms with Crippen molar-refractivity contribution < 1.29 is 13.9 Å². The molecule has 7 heteroatoms. The van der Waals surface area contributed by atoms with Gasteiger partial charge < -0.3 is 14.1 Å². The average Bonchev–Trinajstić information content (AvgIpc) is 3.22. The first-order valence-electron chi connectivity index (χ1n) is 8.66. The number of carbonyl (C=O) groups excluding carboxylic acids is 1. The largest absolute Gasteiger partial charge is 0.463 e. The molecule has 0 aliphatic carbocycles. The van der Waals surface area contributed by atoms with E-state index in [4.69, 9.17) is 9.15 Å². The maximum absolute atomic E-state index is 13.5. The highest BCUT2D eigenvalue weighted by Crippen LogP contribution is 2.30. The number of aryl methyl sites for hydroxylation is 2. The van der Waals surface area contributed by atoms with E-state index in [2.05, 4.69) is 10.1 Å². The number of carbonyl (C=O) groups is 1. The summed E-state index contributed by atoms with van der Waals surface area (Å²) in [4.78, 5) is 20.0. The monoisotopic (exact) mass is 354 g/mol. The van der Waals surface area contributed by atoms with Crippen LogP contribution in [0.5, 0.6) is 0 Å². The smallest absolute Gasteiger partial charge is 0.255 e. The first kappa shape index (κ1) is 16.8. The molecule has 0 saturated carbocycles. The van der Waals surface area contributed by atoms with Crippen LogP contribution in [0.15, 0.2) is 28.9 Å². The van der Waals surface area contributed by atoms with E-state index in [1.54, 1.807) is 10.9 Å². The SMILES string of the molecule is Cc1nn(C)c2nc(-c3ccco3)cc(C(=O)N3CCOCC3(C)C)c12. The lowest BCUT2D eigenvalue weighted by Gasteiger charge is -2.42. The van der Waals surface area contributed by atoms with Crippen LogP contribution < -0.4 is 0 Å². The van der Waals surface area contributed by atoms with Crippen molar-refractivity contribution in [2.24, 2.45) is 7.05 Å². The van der Waals surface area contributed by atoms with Crippen LogP contribution in [0.4, 0.5) is 0 Å². The standard InChI is InChI=1S/C19H22N4O3/c1-12-16-13(18(24)23-7-9-25-11-19(23,2)3)10-14(15-6-5-8-26-15)20-17(16)22(4)21-12/h5-6,8,10H,7,9,11H2,1-4H3. The average molecular weight is 354 g/mol. The summed E-state index contributed by atoms with van der Waals surface area (Å²) >= 11 is 0. The summed E-state index contributed by atoms with van der Waals surface area (Å²) in [6, 6.07) is 5.45. The summed E-state index contributed by atoms with van der Waals surface area (Å²) in [5.74, 6) is 0.593. The van der Waals surface area contributed by atoms with Crippen LogP contribution in [-0.4, -0.2) is 50.9 Å². The van der Waals surface area contributed by atoms with Gasteiger partial charge in [-0.2, -0.15) is 5.10 Å². The van der Waals surface area contributed by atoms with E-state index >= 15 is 0 Å². The second kappa shape index (κ2) is 5.95. The lowest BCUT2D eigenvalue weighted by atomic mass is 9.99. The molecule has 0 aromatic carbocycles. The molecule has 4 rings (SSSR count). The Morgan fingerprint density at radius 1 is 1.35 bits per heavy atom. The molecule has 0 spiro atoms. The lowest BCUT2D eigenvalue weighted by Crippen LogP contribution is -2.55. The van der Waals surface area contributed by atoms with E-state index < -0.39 is 0 Å². The number of furan rings is 1. The number of aromatic nitrogens is 3. The van der Waals surface area contributed by atoms with Gasteiger partial charge in [-0.15, -0.1) is 0 Å². The van der Waals surface area contributed by atoms with Crippen molar-refractivity contribution >= 4 is 16.9 Å². The minimum absolute atomic E-state index is 0.0328. The van der Waals surface area contributed by atoms with Crippen LogP contribution in [0, 0.1) is 6.92 Å². The van der Waals surface area contributed by atoms with Gasteiger partial charge in [0.15, 0.2) is 11.4 Å². The Labute approximate surface area is 151 Å². The van der Waals surface area contributed by atoms with Crippen molar-refractivity contribution in [2.75, 3.05) is 19.8 Å². The Hall–Kier alpha value is -2.67. The predicted octanol–water partition coefficient (Wildman–Crippen LogP) is 2.79. The van der Waals surface area contributed by atoms with Gasteiger partial charge >= 0.3 is 0 Å². The number of hydrogen-bond donors (Lipinski definition) is 0. The maximum Gasteiger partial charge on any atom is 0.255 e. The van der Waals surface area contributed by atoms with Gasteiger partial charge in [-0.25, -0.2) is 4.98 Å². The molecule has 4 heterocycles. The van der Waals surface area contributed by atoms with E-state index in [1.165, 1.54) is 0 Å². The van der Waals surface area contributed by atoms with Crippen LogP contribution >= 0.6 is 0 Å². The molecule has 3 aromatic heterocycles. The van der Waals surface area contributed by atoms with Crippen molar-refractivity contribution in [3.05, 3.63) is 35.7 Å². The number of rotatable bonds is 2. The molecule has 1 saturated heterocycles. The molecular formula is C19H22N4O3. The highest BCUT2D eigenvalue weighted by molar-refractivity contribution is 6.07. The van der Waals surface area contributed by atoms with Crippen molar-refractivity contribution in [3.63, 3.8) is 0 Å². The first-order valence-corrected chi connectivity index (χ1v) is 8.66. The van der Waals surface area contributed by atoms with E-state index in [0.717, 1.165) is 11.1 Å². The van der Waals surface area contributed by atoms with Crippen molar-refractivity contribution in [1.29, 1.82) is 0 Å². The Morgan fingerprint density at radius 3 is 2.85 bits per heavy atom. The van der Waals surface area contributed by atoms with Gasteiger partial charge in [0.1, 0.15) is 5.69 Å². The molecule has 1 aliphatic rings. The number of pyridine rings is 1. The van der Waals surface area contributed by atoms with E-state index in [0.29, 0.717) is 42.4 Å². The molecule has 1 fully saturated rings. The van der Waals surface area contributed by atoms with Crippen LogP contribution in [0.1, 0.15) is 29.9 Å². The topological polar surface area (TPSA) is 73.4 Å². The fourth-order valence-electron chi connectivity index (χ4n) is 3.54. The molecule has 7 nitrogen and oxygen atoms in total. The number of fused-ring (bicyclic) bond motifs is 1. The highest BCUT2D eigenvalue weighted by Gasteiger charge is 2.36. The summed E-state index contributed by atoms with van der Waals surface area (Å²) < 4.78 is 12.8. The van der Waals surface area contributed by atoms with Crippen molar-refractivity contribution in [2.45, 2.75) is 26.3 Å². The zero-order valence-corrected chi connectivity index (χ0v) is 15.4. The molecule has 3 aromatic rings. The summed E-state index contributed by atoms with van der Waals surface area (Å²) in [7, 11) is 1.83. The second-order valence-electron chi connectivity index (χ2n) is 7.26. The molecule has 136 valence electrons. The fraction of sp³-hybridized carbons (Fsp3) is 0.421. The molecule has 0 unspecified atom stereocenters. The summed E-state index contributed by atoms with van der Waals surface area (Å²) in [5.41, 5.74) is 2.31. The molecule has 0 radical (unpaired) electrons. The van der Waals surface area contributed by atoms with E-state index in [1.807, 2.05) is 50.9 Å². The Morgan fingerprint density at radius 2 is 2.15 bits per heavy atom. The highest BCUT2D eigenvalue weighted by atomic mass is 16.5. The number of hydrogen-bond acceptors (Lipinski definition) is 5. The Balaban J connectivity index is 1.91. The molecular weight excluding hydrogens is 332 g/mol. The van der Waals surface area contributed by atoms with Crippen LogP contribution in [0.3, 0.4) is 0 Å². The van der Waals surface area contributed by atoms with Gasteiger partial charge in [0.25, 0.3) is 5.91 Å². The quantitative estimate of drug-likeness (QED) is 0.707. The van der Waals surface area contributed by atoms with Crippen LogP contribution in [0.25, 0.3) is 22.5 Å². The van der Waals surface area contributed by atoms with E-state index in [-0.39, 0.29) is 11.4 Å². The van der Waals surface area contributed by atoms with Crippen LogP contribution in [-0.2, 0) is 11.8 Å². The van der Waals surface area contributed by atoms with Crippen molar-refractivity contribution in [1.82, 2.24) is 19.7 Å². The summed E-state index contributed by atoms with van der Waals surface area (Å²) in [6.45, 7) is 7.56. The third-order valence-electron chi connectivity index (χ3n) is 4.86. The van der Waals surface area contributed by atoms with Gasteiger partial charge in [-0.3, -0.25) is 9.48 Å². The maximum atomic E-state index is 13.5. The molecule has 1 aliphatic heterocycles. The summed E-state index contributed by atoms with van der Waals surface area (Å²) in [6.07, 6.45) is 1.60. The first-order chi connectivity index (χ1) is 12.4. The normalized spacial score (nSPS) is 17.0. The van der Waals surface area contributed by atoms with E-state index in [9.17, 15) is 4.79 Å². The second-order valence-corrected chi connectivity index (χ2v) is 7.26. The Kier molecular flexibility index (Phi) is 3.84. The number of nitrogens with zero attached hydrogens (tertiary/aromatic N) is 4. The minimum atomic E-state index is -0.369. The molecule has 0 bridgehead atoms. The van der Waals surface area contributed by atoms with Gasteiger partial charge in [-0.1, -0.05) is 0 Å². The van der Waals surface area contributed by atoms with Gasteiger partial charge in [0.2, 0.25) is 0 Å². The molecule has 0 N–H and O–H groups in total. The number of amides is 1. The predicted molar refractivity (Wildman–Crippen MR) is 96.9 cm³/mol. The Bertz CT molecular complexity index is 972. The third-order valence-corrected chi connectivity index (χ3v) is 4.86. The fourth-order valence-corrected chi connectivity index (χ4v) is 3.54. The molecule has 1 amide bonds. The lowest BCUT2D eigenvalue weighted by molar-refractivity contribution is -0.0369. The van der Waals surface area contributed by atoms with Gasteiger partial charge in [0.05, 0.1) is 41.7 Å². The third kappa shape index (κ3) is 2.59. The molecule has 0 atom stereocenters. The zero-order valence-electron chi connectivity index (χ0n) is 15.4. The zero-order chi connectivity index (χ0) is 18.5.